The monoisotopic (exact) mass is 224 g/mol. The molecule has 0 amide bonds. The lowest BCUT2D eigenvalue weighted by molar-refractivity contribution is 0.241. The maximum Gasteiger partial charge on any atom is 0.221 e. The maximum absolute atomic E-state index is 5.65. The van der Waals surface area contributed by atoms with Crippen LogP contribution in [0, 0.1) is 12.8 Å². The molecule has 1 aromatic rings. The molecule has 0 spiro atoms. The summed E-state index contributed by atoms with van der Waals surface area (Å²) in [4.78, 5) is 8.08. The number of nitrogens with two attached hydrogens (primary N) is 1. The van der Waals surface area contributed by atoms with E-state index in [1.54, 1.807) is 0 Å². The highest BCUT2D eigenvalue weighted by molar-refractivity contribution is 5.46. The van der Waals surface area contributed by atoms with Crippen molar-refractivity contribution in [2.24, 2.45) is 11.8 Å². The van der Waals surface area contributed by atoms with Gasteiger partial charge in [-0.15, -0.1) is 0 Å². The molecule has 0 fully saturated rings. The summed E-state index contributed by atoms with van der Waals surface area (Å²) < 4.78 is 5.65. The number of rotatable bonds is 6. The molecule has 0 aliphatic rings. The topological polar surface area (TPSA) is 73.1 Å². The van der Waals surface area contributed by atoms with Crippen LogP contribution in [0.15, 0.2) is 6.33 Å². The number of nitrogens with one attached hydrogen (secondary N) is 1. The van der Waals surface area contributed by atoms with Crippen molar-refractivity contribution in [3.05, 3.63) is 11.9 Å². The number of nitrogens with zero attached hydrogens (tertiary/aromatic N) is 2. The molecule has 0 aromatic carbocycles. The largest absolute Gasteiger partial charge is 0.477 e. The zero-order valence-corrected chi connectivity index (χ0v) is 10.2. The van der Waals surface area contributed by atoms with Crippen LogP contribution in [0.4, 0.5) is 5.82 Å². The van der Waals surface area contributed by atoms with Crippen LogP contribution in [0.25, 0.3) is 0 Å². The second kappa shape index (κ2) is 6.27. The number of ether oxygens (including phenoxy) is 1. The summed E-state index contributed by atoms with van der Waals surface area (Å²) in [6.07, 6.45) is 3.77. The van der Waals surface area contributed by atoms with Gasteiger partial charge in [-0.3, -0.25) is 0 Å². The van der Waals surface area contributed by atoms with Crippen molar-refractivity contribution in [1.29, 1.82) is 0 Å². The lowest BCUT2D eigenvalue weighted by Gasteiger charge is -2.13. The normalized spacial score (nSPS) is 12.2. The molecule has 0 saturated carbocycles. The summed E-state index contributed by atoms with van der Waals surface area (Å²) in [6, 6.07) is 0. The minimum Gasteiger partial charge on any atom is -0.477 e. The van der Waals surface area contributed by atoms with Crippen LogP contribution in [0.2, 0.25) is 0 Å². The Balaban J connectivity index is 2.60. The van der Waals surface area contributed by atoms with Gasteiger partial charge in [-0.1, -0.05) is 20.3 Å². The van der Waals surface area contributed by atoms with E-state index in [9.17, 15) is 0 Å². The summed E-state index contributed by atoms with van der Waals surface area (Å²) in [5, 5.41) is 0. The minimum atomic E-state index is 0.536. The van der Waals surface area contributed by atoms with Crippen molar-refractivity contribution in [3.63, 3.8) is 0 Å². The number of nitrogen functional groups attached to an aromatic ring is 1. The summed E-state index contributed by atoms with van der Waals surface area (Å²) in [6.45, 7) is 6.90. The Morgan fingerprint density at radius 3 is 2.88 bits per heavy atom. The first-order valence-corrected chi connectivity index (χ1v) is 5.60. The summed E-state index contributed by atoms with van der Waals surface area (Å²) in [7, 11) is 0. The third kappa shape index (κ3) is 3.34. The molecule has 1 rings (SSSR count). The molecule has 3 N–H and O–H groups in total. The highest BCUT2D eigenvalue weighted by Gasteiger charge is 2.08. The van der Waals surface area contributed by atoms with Gasteiger partial charge in [0.2, 0.25) is 5.88 Å². The second-order valence-electron chi connectivity index (χ2n) is 4.00. The van der Waals surface area contributed by atoms with Crippen molar-refractivity contribution in [1.82, 2.24) is 9.97 Å². The molecule has 0 aliphatic heterocycles. The molecule has 1 atom stereocenters. The lowest BCUT2D eigenvalue weighted by atomic mass is 10.1. The van der Waals surface area contributed by atoms with Crippen molar-refractivity contribution in [2.45, 2.75) is 33.6 Å². The molecule has 5 nitrogen and oxygen atoms in total. The zero-order chi connectivity index (χ0) is 12.0. The molecular formula is C11H20N4O. The van der Waals surface area contributed by atoms with E-state index in [4.69, 9.17) is 10.6 Å². The van der Waals surface area contributed by atoms with E-state index in [2.05, 4.69) is 29.2 Å². The molecule has 0 saturated heterocycles. The van der Waals surface area contributed by atoms with Crippen molar-refractivity contribution < 1.29 is 4.74 Å². The third-order valence-corrected chi connectivity index (χ3v) is 2.46. The first-order chi connectivity index (χ1) is 7.69. The van der Waals surface area contributed by atoms with Crippen LogP contribution < -0.4 is 16.0 Å². The van der Waals surface area contributed by atoms with Gasteiger partial charge in [0.25, 0.3) is 0 Å². The number of anilines is 1. The predicted octanol–water partition coefficient (Wildman–Crippen LogP) is 1.89. The molecule has 1 aromatic heterocycles. The minimum absolute atomic E-state index is 0.536. The lowest BCUT2D eigenvalue weighted by Crippen LogP contribution is -2.13. The van der Waals surface area contributed by atoms with Gasteiger partial charge in [-0.25, -0.2) is 15.8 Å². The Morgan fingerprint density at radius 2 is 2.25 bits per heavy atom. The zero-order valence-electron chi connectivity index (χ0n) is 10.2. The van der Waals surface area contributed by atoms with Gasteiger partial charge in [0, 0.05) is 0 Å². The number of aromatic nitrogens is 2. The Hall–Kier alpha value is -1.36. The molecule has 1 unspecified atom stereocenters. The van der Waals surface area contributed by atoms with Crippen LogP contribution in [-0.4, -0.2) is 16.6 Å². The van der Waals surface area contributed by atoms with Crippen LogP contribution >= 0.6 is 0 Å². The fraction of sp³-hybridized carbons (Fsp3) is 0.636. The predicted molar refractivity (Wildman–Crippen MR) is 64.1 cm³/mol. The van der Waals surface area contributed by atoms with E-state index < -0.39 is 0 Å². The fourth-order valence-corrected chi connectivity index (χ4v) is 1.52. The van der Waals surface area contributed by atoms with E-state index in [1.807, 2.05) is 6.92 Å². The molecule has 1 heterocycles. The van der Waals surface area contributed by atoms with Gasteiger partial charge in [-0.05, 0) is 19.3 Å². The highest BCUT2D eigenvalue weighted by atomic mass is 16.5. The Morgan fingerprint density at radius 1 is 1.50 bits per heavy atom. The van der Waals surface area contributed by atoms with Crippen LogP contribution in [0.1, 0.15) is 32.3 Å². The van der Waals surface area contributed by atoms with E-state index in [1.165, 1.54) is 12.7 Å². The first kappa shape index (κ1) is 12.7. The summed E-state index contributed by atoms with van der Waals surface area (Å²) in [5.41, 5.74) is 3.36. The van der Waals surface area contributed by atoms with Gasteiger partial charge in [-0.2, -0.15) is 0 Å². The standard InChI is InChI=1S/C11H20N4O/c1-4-5-8(2)6-16-11-9(3)10(15-12)13-7-14-11/h7-8H,4-6,12H2,1-3H3,(H,13,14,15). The number of hydrazine groups is 1. The van der Waals surface area contributed by atoms with E-state index in [-0.39, 0.29) is 0 Å². The second-order valence-corrected chi connectivity index (χ2v) is 4.00. The Kier molecular flexibility index (Phi) is 4.98. The van der Waals surface area contributed by atoms with Crippen LogP contribution in [0.3, 0.4) is 0 Å². The fourth-order valence-electron chi connectivity index (χ4n) is 1.52. The number of hydrogen-bond acceptors (Lipinski definition) is 5. The van der Waals surface area contributed by atoms with Crippen molar-refractivity contribution >= 4 is 5.82 Å². The summed E-state index contributed by atoms with van der Waals surface area (Å²) >= 11 is 0. The average molecular weight is 224 g/mol. The van der Waals surface area contributed by atoms with Crippen LogP contribution in [-0.2, 0) is 0 Å². The van der Waals surface area contributed by atoms with Gasteiger partial charge in [0.05, 0.1) is 12.2 Å². The van der Waals surface area contributed by atoms with Crippen LogP contribution in [0.5, 0.6) is 5.88 Å². The molecule has 5 heteroatoms. The van der Waals surface area contributed by atoms with Gasteiger partial charge in [0.15, 0.2) is 0 Å². The van der Waals surface area contributed by atoms with E-state index in [0.717, 1.165) is 12.0 Å². The smallest absolute Gasteiger partial charge is 0.221 e. The van der Waals surface area contributed by atoms with Gasteiger partial charge < -0.3 is 10.2 Å². The Labute approximate surface area is 96.4 Å². The third-order valence-electron chi connectivity index (χ3n) is 2.46. The van der Waals surface area contributed by atoms with E-state index >= 15 is 0 Å². The number of hydrogen-bond donors (Lipinski definition) is 2. The summed E-state index contributed by atoms with van der Waals surface area (Å²) in [5.74, 6) is 7.07. The Bertz CT molecular complexity index is 330. The molecule has 16 heavy (non-hydrogen) atoms. The van der Waals surface area contributed by atoms with Gasteiger partial charge in [0.1, 0.15) is 12.1 Å². The molecule has 0 radical (unpaired) electrons. The SMILES string of the molecule is CCCC(C)COc1ncnc(NN)c1C. The first-order valence-electron chi connectivity index (χ1n) is 5.60. The van der Waals surface area contributed by atoms with Crippen molar-refractivity contribution in [3.8, 4) is 5.88 Å². The van der Waals surface area contributed by atoms with Crippen molar-refractivity contribution in [2.75, 3.05) is 12.0 Å². The average Bonchev–Trinajstić information content (AvgIpc) is 2.28. The molecule has 0 bridgehead atoms. The molecule has 90 valence electrons. The maximum atomic E-state index is 5.65. The quantitative estimate of drug-likeness (QED) is 0.570. The highest BCUT2D eigenvalue weighted by Crippen LogP contribution is 2.20. The molecular weight excluding hydrogens is 204 g/mol. The van der Waals surface area contributed by atoms with Gasteiger partial charge >= 0.3 is 0 Å². The van der Waals surface area contributed by atoms with E-state index in [0.29, 0.717) is 24.2 Å². The molecule has 0 aliphatic carbocycles.